The van der Waals surface area contributed by atoms with Crippen LogP contribution in [0.2, 0.25) is 0 Å². The predicted molar refractivity (Wildman–Crippen MR) is 91.4 cm³/mol. The van der Waals surface area contributed by atoms with Gasteiger partial charge in [0.05, 0.1) is 24.4 Å². The molecule has 1 amide bonds. The Balaban J connectivity index is 1.84. The van der Waals surface area contributed by atoms with Crippen LogP contribution < -0.4 is 15.8 Å². The molecule has 6 heteroatoms. The van der Waals surface area contributed by atoms with Gasteiger partial charge in [-0.2, -0.15) is 0 Å². The Kier molecular flexibility index (Phi) is 5.64. The SMILES string of the molecule is Nc1ccccc1OCCC(=O)Nc1ccc(Br)cc1Br. The molecule has 0 unspecified atom stereocenters. The number of halogens is 2. The van der Waals surface area contributed by atoms with E-state index in [2.05, 4.69) is 37.2 Å². The number of amides is 1. The number of hydrogen-bond acceptors (Lipinski definition) is 3. The summed E-state index contributed by atoms with van der Waals surface area (Å²) in [5.41, 5.74) is 7.05. The van der Waals surface area contributed by atoms with Crippen LogP contribution in [0.15, 0.2) is 51.4 Å². The molecule has 0 bridgehead atoms. The number of carbonyl (C=O) groups excluding carboxylic acids is 1. The smallest absolute Gasteiger partial charge is 0.227 e. The van der Waals surface area contributed by atoms with Gasteiger partial charge in [0.15, 0.2) is 0 Å². The lowest BCUT2D eigenvalue weighted by Gasteiger charge is -2.10. The zero-order valence-corrected chi connectivity index (χ0v) is 14.3. The van der Waals surface area contributed by atoms with Crippen LogP contribution in [-0.4, -0.2) is 12.5 Å². The lowest BCUT2D eigenvalue weighted by atomic mass is 10.3. The summed E-state index contributed by atoms with van der Waals surface area (Å²) < 4.78 is 7.25. The number of carbonyl (C=O) groups is 1. The van der Waals surface area contributed by atoms with Crippen molar-refractivity contribution in [3.8, 4) is 5.75 Å². The highest BCUT2D eigenvalue weighted by molar-refractivity contribution is 9.11. The van der Waals surface area contributed by atoms with E-state index in [0.29, 0.717) is 11.4 Å². The zero-order chi connectivity index (χ0) is 15.2. The second-order valence-corrected chi connectivity index (χ2v) is 6.08. The van der Waals surface area contributed by atoms with Crippen LogP contribution >= 0.6 is 31.9 Å². The highest BCUT2D eigenvalue weighted by atomic mass is 79.9. The third-order valence-corrected chi connectivity index (χ3v) is 3.86. The number of benzene rings is 2. The normalized spacial score (nSPS) is 10.2. The van der Waals surface area contributed by atoms with Gasteiger partial charge in [-0.25, -0.2) is 0 Å². The maximum Gasteiger partial charge on any atom is 0.227 e. The fourth-order valence-electron chi connectivity index (χ4n) is 1.67. The summed E-state index contributed by atoms with van der Waals surface area (Å²) in [5, 5.41) is 2.82. The minimum absolute atomic E-state index is 0.118. The Morgan fingerprint density at radius 1 is 1.19 bits per heavy atom. The average molecular weight is 414 g/mol. The molecule has 4 nitrogen and oxygen atoms in total. The van der Waals surface area contributed by atoms with Gasteiger partial charge in [-0.05, 0) is 46.3 Å². The maximum absolute atomic E-state index is 11.9. The van der Waals surface area contributed by atoms with Gasteiger partial charge in [0.25, 0.3) is 0 Å². The van der Waals surface area contributed by atoms with Crippen molar-refractivity contribution in [3.05, 3.63) is 51.4 Å². The molecule has 110 valence electrons. The molecule has 0 aromatic heterocycles. The van der Waals surface area contributed by atoms with E-state index in [1.165, 1.54) is 0 Å². The first kappa shape index (κ1) is 15.9. The number of nitrogen functional groups attached to an aromatic ring is 1. The first-order valence-corrected chi connectivity index (χ1v) is 7.87. The van der Waals surface area contributed by atoms with Crippen LogP contribution in [0.1, 0.15) is 6.42 Å². The number of para-hydroxylation sites is 2. The van der Waals surface area contributed by atoms with Crippen molar-refractivity contribution in [3.63, 3.8) is 0 Å². The number of nitrogens with one attached hydrogen (secondary N) is 1. The van der Waals surface area contributed by atoms with E-state index in [9.17, 15) is 4.79 Å². The van der Waals surface area contributed by atoms with E-state index in [-0.39, 0.29) is 18.9 Å². The van der Waals surface area contributed by atoms with Crippen LogP contribution in [0.4, 0.5) is 11.4 Å². The van der Waals surface area contributed by atoms with Crippen molar-refractivity contribution < 1.29 is 9.53 Å². The molecular formula is C15H14Br2N2O2. The summed E-state index contributed by atoms with van der Waals surface area (Å²) in [6.45, 7) is 0.272. The summed E-state index contributed by atoms with van der Waals surface area (Å²) in [5.74, 6) is 0.475. The van der Waals surface area contributed by atoms with Crippen LogP contribution in [0.3, 0.4) is 0 Å². The zero-order valence-electron chi connectivity index (χ0n) is 11.1. The Bertz CT molecular complexity index is 647. The van der Waals surface area contributed by atoms with Crippen molar-refractivity contribution in [1.82, 2.24) is 0 Å². The van der Waals surface area contributed by atoms with E-state index in [4.69, 9.17) is 10.5 Å². The van der Waals surface area contributed by atoms with Gasteiger partial charge in [0.1, 0.15) is 5.75 Å². The number of ether oxygens (including phenoxy) is 1. The summed E-state index contributed by atoms with van der Waals surface area (Å²) in [6, 6.07) is 12.8. The quantitative estimate of drug-likeness (QED) is 0.722. The third-order valence-electron chi connectivity index (χ3n) is 2.71. The summed E-state index contributed by atoms with van der Waals surface area (Å²) in [4.78, 5) is 11.9. The average Bonchev–Trinajstić information content (AvgIpc) is 2.44. The monoisotopic (exact) mass is 412 g/mol. The molecule has 21 heavy (non-hydrogen) atoms. The molecule has 2 aromatic carbocycles. The van der Waals surface area contributed by atoms with Gasteiger partial charge < -0.3 is 15.8 Å². The highest BCUT2D eigenvalue weighted by Gasteiger charge is 2.07. The van der Waals surface area contributed by atoms with E-state index in [1.807, 2.05) is 30.3 Å². The van der Waals surface area contributed by atoms with Gasteiger partial charge >= 0.3 is 0 Å². The molecule has 0 fully saturated rings. The van der Waals surface area contributed by atoms with E-state index < -0.39 is 0 Å². The van der Waals surface area contributed by atoms with Crippen LogP contribution in [0.25, 0.3) is 0 Å². The Hall–Kier alpha value is -1.53. The number of rotatable bonds is 5. The van der Waals surface area contributed by atoms with Crippen LogP contribution in [-0.2, 0) is 4.79 Å². The van der Waals surface area contributed by atoms with E-state index in [1.54, 1.807) is 12.1 Å². The first-order valence-electron chi connectivity index (χ1n) is 6.28. The largest absolute Gasteiger partial charge is 0.491 e. The molecule has 0 aliphatic rings. The van der Waals surface area contributed by atoms with Gasteiger partial charge in [-0.3, -0.25) is 4.79 Å². The van der Waals surface area contributed by atoms with Crippen molar-refractivity contribution >= 4 is 49.1 Å². The Morgan fingerprint density at radius 3 is 2.67 bits per heavy atom. The molecule has 3 N–H and O–H groups in total. The molecule has 2 aromatic rings. The first-order chi connectivity index (χ1) is 10.1. The molecule has 0 aliphatic heterocycles. The molecule has 0 saturated heterocycles. The summed E-state index contributed by atoms with van der Waals surface area (Å²) >= 11 is 6.76. The van der Waals surface area contributed by atoms with Gasteiger partial charge in [0.2, 0.25) is 5.91 Å². The molecule has 0 saturated carbocycles. The molecular weight excluding hydrogens is 400 g/mol. The Labute approximate surface area is 139 Å². The van der Waals surface area contributed by atoms with Gasteiger partial charge in [-0.1, -0.05) is 28.1 Å². The molecule has 0 atom stereocenters. The molecule has 0 spiro atoms. The van der Waals surface area contributed by atoms with E-state index in [0.717, 1.165) is 14.6 Å². The minimum atomic E-state index is -0.118. The number of anilines is 2. The number of nitrogens with two attached hydrogens (primary N) is 1. The van der Waals surface area contributed by atoms with E-state index >= 15 is 0 Å². The van der Waals surface area contributed by atoms with Crippen molar-refractivity contribution in [2.24, 2.45) is 0 Å². The standard InChI is InChI=1S/C15H14Br2N2O2/c16-10-5-6-13(11(17)9-10)19-15(20)7-8-21-14-4-2-1-3-12(14)18/h1-6,9H,7-8,18H2,(H,19,20). The molecule has 2 rings (SSSR count). The molecule has 0 aliphatic carbocycles. The highest BCUT2D eigenvalue weighted by Crippen LogP contribution is 2.26. The van der Waals surface area contributed by atoms with Gasteiger partial charge in [0, 0.05) is 8.95 Å². The van der Waals surface area contributed by atoms with Crippen LogP contribution in [0, 0.1) is 0 Å². The van der Waals surface area contributed by atoms with Crippen molar-refractivity contribution in [1.29, 1.82) is 0 Å². The predicted octanol–water partition coefficient (Wildman–Crippen LogP) is 4.20. The second-order valence-electron chi connectivity index (χ2n) is 4.31. The third kappa shape index (κ3) is 4.75. The topological polar surface area (TPSA) is 64.3 Å². The fourth-order valence-corrected chi connectivity index (χ4v) is 2.82. The molecule has 0 heterocycles. The van der Waals surface area contributed by atoms with Gasteiger partial charge in [-0.15, -0.1) is 0 Å². The molecule has 0 radical (unpaired) electrons. The lowest BCUT2D eigenvalue weighted by molar-refractivity contribution is -0.116. The lowest BCUT2D eigenvalue weighted by Crippen LogP contribution is -2.15. The van der Waals surface area contributed by atoms with Crippen LogP contribution in [0.5, 0.6) is 5.75 Å². The second kappa shape index (κ2) is 7.47. The summed E-state index contributed by atoms with van der Waals surface area (Å²) in [7, 11) is 0. The maximum atomic E-state index is 11.9. The minimum Gasteiger partial charge on any atom is -0.491 e. The summed E-state index contributed by atoms with van der Waals surface area (Å²) in [6.07, 6.45) is 0.247. The number of hydrogen-bond donors (Lipinski definition) is 2. The van der Waals surface area contributed by atoms with Crippen molar-refractivity contribution in [2.45, 2.75) is 6.42 Å². The fraction of sp³-hybridized carbons (Fsp3) is 0.133. The van der Waals surface area contributed by atoms with Crippen molar-refractivity contribution in [2.75, 3.05) is 17.7 Å². The Morgan fingerprint density at radius 2 is 1.95 bits per heavy atom.